The third-order valence-electron chi connectivity index (χ3n) is 2.71. The molecule has 0 aliphatic heterocycles. The lowest BCUT2D eigenvalue weighted by Gasteiger charge is -1.97. The maximum atomic E-state index is 13.5. The fourth-order valence-electron chi connectivity index (χ4n) is 1.75. The molecule has 0 radical (unpaired) electrons. The maximum absolute atomic E-state index is 13.5. The van der Waals surface area contributed by atoms with Crippen LogP contribution in [0.25, 0.3) is 10.2 Å². The zero-order valence-electron chi connectivity index (χ0n) is 10.3. The van der Waals surface area contributed by atoms with Gasteiger partial charge in [0.25, 0.3) is 0 Å². The summed E-state index contributed by atoms with van der Waals surface area (Å²) < 4.78 is 27.0. The van der Waals surface area contributed by atoms with Gasteiger partial charge in [-0.2, -0.15) is 0 Å². The molecule has 0 amide bonds. The van der Waals surface area contributed by atoms with Crippen molar-refractivity contribution in [2.24, 2.45) is 4.99 Å². The molecule has 1 heterocycles. The Morgan fingerprint density at radius 3 is 2.86 bits per heavy atom. The minimum absolute atomic E-state index is 0.0153. The van der Waals surface area contributed by atoms with Gasteiger partial charge in [0.05, 0.1) is 4.70 Å². The monoisotopic (exact) mass is 324 g/mol. The lowest BCUT2D eigenvalue weighted by atomic mass is 10.2. The fourth-order valence-corrected chi connectivity index (χ4v) is 2.79. The molecule has 0 saturated heterocycles. The van der Waals surface area contributed by atoms with Crippen molar-refractivity contribution in [3.8, 4) is 5.75 Å². The first-order valence-corrected chi connectivity index (χ1v) is 7.00. The van der Waals surface area contributed by atoms with Crippen LogP contribution in [0, 0.1) is 11.6 Å². The zero-order valence-corrected chi connectivity index (χ0v) is 11.9. The van der Waals surface area contributed by atoms with Crippen LogP contribution in [-0.2, 0) is 0 Å². The lowest BCUT2D eigenvalue weighted by Crippen LogP contribution is -1.82. The van der Waals surface area contributed by atoms with Crippen LogP contribution in [0.2, 0.25) is 5.02 Å². The smallest absolute Gasteiger partial charge is 0.210 e. The Balaban J connectivity index is 2.00. The largest absolute Gasteiger partial charge is 0.507 e. The molecule has 106 valence electrons. The Morgan fingerprint density at radius 1 is 1.24 bits per heavy atom. The standard InChI is InChI=1S/C14H7ClF2N2OS/c15-8-1-2-11(20)7(3-8)6-18-14-19-13-10(17)4-9(16)5-12(13)21-14/h1-6,20H. The molecule has 0 spiro atoms. The first-order chi connectivity index (χ1) is 10.0. The van der Waals surface area contributed by atoms with Crippen molar-refractivity contribution in [1.29, 1.82) is 0 Å². The molecule has 2 aromatic carbocycles. The summed E-state index contributed by atoms with van der Waals surface area (Å²) in [5.41, 5.74) is 0.484. The Bertz CT molecular complexity index is 864. The second-order valence-corrected chi connectivity index (χ2v) is 5.64. The topological polar surface area (TPSA) is 45.5 Å². The molecule has 3 aromatic rings. The van der Waals surface area contributed by atoms with Gasteiger partial charge in [0.1, 0.15) is 17.1 Å². The number of halogens is 3. The number of hydrogen-bond donors (Lipinski definition) is 1. The summed E-state index contributed by atoms with van der Waals surface area (Å²) in [7, 11) is 0. The van der Waals surface area contributed by atoms with Crippen molar-refractivity contribution in [3.05, 3.63) is 52.6 Å². The quantitative estimate of drug-likeness (QED) is 0.695. The summed E-state index contributed by atoms with van der Waals surface area (Å²) in [4.78, 5) is 8.05. The summed E-state index contributed by atoms with van der Waals surface area (Å²) in [6.07, 6.45) is 1.37. The van der Waals surface area contributed by atoms with E-state index >= 15 is 0 Å². The van der Waals surface area contributed by atoms with Crippen LogP contribution in [0.1, 0.15) is 5.56 Å². The van der Waals surface area contributed by atoms with Gasteiger partial charge >= 0.3 is 0 Å². The van der Waals surface area contributed by atoms with Gasteiger partial charge in [0, 0.05) is 22.9 Å². The molecule has 0 fully saturated rings. The summed E-state index contributed by atoms with van der Waals surface area (Å²) in [5.74, 6) is -1.37. The molecule has 0 aliphatic rings. The normalized spacial score (nSPS) is 11.6. The van der Waals surface area contributed by atoms with Gasteiger partial charge in [-0.3, -0.25) is 0 Å². The van der Waals surface area contributed by atoms with Gasteiger partial charge in [-0.05, 0) is 24.3 Å². The van der Waals surface area contributed by atoms with Crippen LogP contribution >= 0.6 is 22.9 Å². The van der Waals surface area contributed by atoms with E-state index in [1.165, 1.54) is 24.4 Å². The number of phenolic OH excluding ortho intramolecular Hbond substituents is 1. The number of aromatic nitrogens is 1. The second-order valence-electron chi connectivity index (χ2n) is 4.19. The molecule has 0 unspecified atom stereocenters. The number of aromatic hydroxyl groups is 1. The average molecular weight is 325 g/mol. The predicted octanol–water partition coefficient (Wildman–Crippen LogP) is 4.68. The van der Waals surface area contributed by atoms with Crippen LogP contribution < -0.4 is 0 Å². The van der Waals surface area contributed by atoms with Crippen molar-refractivity contribution in [3.63, 3.8) is 0 Å². The van der Waals surface area contributed by atoms with E-state index in [1.807, 2.05) is 0 Å². The van der Waals surface area contributed by atoms with Crippen LogP contribution in [0.15, 0.2) is 35.3 Å². The molecule has 7 heteroatoms. The van der Waals surface area contributed by atoms with E-state index in [9.17, 15) is 13.9 Å². The second kappa shape index (κ2) is 5.38. The van der Waals surface area contributed by atoms with E-state index in [2.05, 4.69) is 9.98 Å². The van der Waals surface area contributed by atoms with E-state index in [4.69, 9.17) is 11.6 Å². The molecule has 3 nitrogen and oxygen atoms in total. The highest BCUT2D eigenvalue weighted by molar-refractivity contribution is 7.22. The third-order valence-corrected chi connectivity index (χ3v) is 3.85. The van der Waals surface area contributed by atoms with Gasteiger partial charge in [-0.15, -0.1) is 0 Å². The number of rotatable bonds is 2. The number of benzene rings is 2. The highest BCUT2D eigenvalue weighted by Crippen LogP contribution is 2.30. The van der Waals surface area contributed by atoms with Crippen molar-refractivity contribution < 1.29 is 13.9 Å². The number of aliphatic imine (C=N–C) groups is 1. The molecular formula is C14H7ClF2N2OS. The SMILES string of the molecule is Oc1ccc(Cl)cc1C=Nc1nc2c(F)cc(F)cc2s1. The van der Waals surface area contributed by atoms with Crippen molar-refractivity contribution in [2.45, 2.75) is 0 Å². The Morgan fingerprint density at radius 2 is 2.05 bits per heavy atom. The van der Waals surface area contributed by atoms with Gasteiger partial charge in [0.2, 0.25) is 5.13 Å². The predicted molar refractivity (Wildman–Crippen MR) is 79.9 cm³/mol. The van der Waals surface area contributed by atoms with Crippen LogP contribution in [0.5, 0.6) is 5.75 Å². The number of thiazole rings is 1. The fraction of sp³-hybridized carbons (Fsp3) is 0. The summed E-state index contributed by atoms with van der Waals surface area (Å²) in [5, 5.41) is 10.4. The first-order valence-electron chi connectivity index (χ1n) is 5.81. The minimum Gasteiger partial charge on any atom is -0.507 e. The van der Waals surface area contributed by atoms with Gasteiger partial charge in [-0.25, -0.2) is 18.8 Å². The van der Waals surface area contributed by atoms with Gasteiger partial charge < -0.3 is 5.11 Å². The summed E-state index contributed by atoms with van der Waals surface area (Å²) in [6, 6.07) is 6.50. The van der Waals surface area contributed by atoms with Crippen molar-refractivity contribution in [2.75, 3.05) is 0 Å². The van der Waals surface area contributed by atoms with E-state index in [1.54, 1.807) is 6.07 Å². The van der Waals surface area contributed by atoms with Gasteiger partial charge in [-0.1, -0.05) is 22.9 Å². The van der Waals surface area contributed by atoms with Crippen molar-refractivity contribution >= 4 is 44.5 Å². The molecule has 3 rings (SSSR count). The maximum Gasteiger partial charge on any atom is 0.210 e. The Labute approximate surface area is 127 Å². The third kappa shape index (κ3) is 2.86. The molecule has 1 N–H and O–H groups in total. The number of nitrogens with zero attached hydrogens (tertiary/aromatic N) is 2. The van der Waals surface area contributed by atoms with E-state index in [-0.39, 0.29) is 16.4 Å². The van der Waals surface area contributed by atoms with E-state index in [0.717, 1.165) is 17.4 Å². The highest BCUT2D eigenvalue weighted by Gasteiger charge is 2.10. The molecule has 0 atom stereocenters. The molecule has 1 aromatic heterocycles. The van der Waals surface area contributed by atoms with Crippen LogP contribution in [0.4, 0.5) is 13.9 Å². The number of hydrogen-bond acceptors (Lipinski definition) is 4. The molecule has 0 saturated carbocycles. The Hall–Kier alpha value is -2.05. The van der Waals surface area contributed by atoms with Crippen molar-refractivity contribution in [1.82, 2.24) is 4.98 Å². The minimum atomic E-state index is -0.728. The van der Waals surface area contributed by atoms with Crippen LogP contribution in [0.3, 0.4) is 0 Å². The molecule has 0 aliphatic carbocycles. The number of phenols is 1. The van der Waals surface area contributed by atoms with Gasteiger partial charge in [0.15, 0.2) is 5.82 Å². The molecule has 0 bridgehead atoms. The first kappa shape index (κ1) is 13.9. The zero-order chi connectivity index (χ0) is 15.0. The average Bonchev–Trinajstić information content (AvgIpc) is 2.83. The Kier molecular flexibility index (Phi) is 3.57. The summed E-state index contributed by atoms with van der Waals surface area (Å²) >= 11 is 6.88. The molecular weight excluding hydrogens is 318 g/mol. The number of fused-ring (bicyclic) bond motifs is 1. The summed E-state index contributed by atoms with van der Waals surface area (Å²) in [6.45, 7) is 0. The molecule has 21 heavy (non-hydrogen) atoms. The highest BCUT2D eigenvalue weighted by atomic mass is 35.5. The van der Waals surface area contributed by atoms with Crippen LogP contribution in [-0.4, -0.2) is 16.3 Å². The van der Waals surface area contributed by atoms with E-state index < -0.39 is 11.6 Å². The van der Waals surface area contributed by atoms with E-state index in [0.29, 0.717) is 15.3 Å². The lowest BCUT2D eigenvalue weighted by molar-refractivity contribution is 0.474.